The number of benzene rings is 1. The molecular weight excluding hydrogens is 248 g/mol. The summed E-state index contributed by atoms with van der Waals surface area (Å²) >= 11 is 0. The first-order chi connectivity index (χ1) is 9.47. The van der Waals surface area contributed by atoms with Crippen LogP contribution in [0.15, 0.2) is 36.5 Å². The lowest BCUT2D eigenvalue weighted by atomic mass is 9.82. The van der Waals surface area contributed by atoms with Crippen molar-refractivity contribution in [2.75, 3.05) is 6.54 Å². The Balaban J connectivity index is 1.88. The minimum absolute atomic E-state index is 0.328. The molecule has 4 heteroatoms. The van der Waals surface area contributed by atoms with Crippen LogP contribution < -0.4 is 5.32 Å². The lowest BCUT2D eigenvalue weighted by Crippen LogP contribution is -2.29. The van der Waals surface area contributed by atoms with Crippen LogP contribution >= 0.6 is 0 Å². The highest BCUT2D eigenvalue weighted by Gasteiger charge is 2.19. The zero-order valence-corrected chi connectivity index (χ0v) is 12.8. The van der Waals surface area contributed by atoms with Crippen LogP contribution in [0.4, 0.5) is 0 Å². The molecule has 2 aromatic rings. The Hall–Kier alpha value is -1.68. The molecule has 0 spiro atoms. The van der Waals surface area contributed by atoms with Gasteiger partial charge < -0.3 is 5.32 Å². The summed E-state index contributed by atoms with van der Waals surface area (Å²) in [5, 5.41) is 12.2. The second kappa shape index (κ2) is 6.18. The van der Waals surface area contributed by atoms with Crippen LogP contribution in [0.2, 0.25) is 0 Å². The summed E-state index contributed by atoms with van der Waals surface area (Å²) in [6.45, 7) is 10.8. The summed E-state index contributed by atoms with van der Waals surface area (Å²) in [4.78, 5) is 1.67. The van der Waals surface area contributed by atoms with Gasteiger partial charge in [0.2, 0.25) is 0 Å². The fourth-order valence-electron chi connectivity index (χ4n) is 1.78. The fourth-order valence-corrected chi connectivity index (χ4v) is 1.78. The average molecular weight is 272 g/mol. The molecule has 0 aliphatic heterocycles. The molecule has 2 rings (SSSR count). The maximum Gasteiger partial charge on any atom is 0.0969 e. The van der Waals surface area contributed by atoms with E-state index >= 15 is 0 Å². The number of nitrogens with zero attached hydrogens (tertiary/aromatic N) is 3. The Morgan fingerprint density at radius 3 is 2.55 bits per heavy atom. The summed E-state index contributed by atoms with van der Waals surface area (Å²) in [6, 6.07) is 9.96. The van der Waals surface area contributed by atoms with Crippen molar-refractivity contribution in [3.63, 3.8) is 0 Å². The number of nitrogens with one attached hydrogen (secondary N) is 1. The van der Waals surface area contributed by atoms with Gasteiger partial charge in [-0.2, -0.15) is 15.0 Å². The summed E-state index contributed by atoms with van der Waals surface area (Å²) in [6.07, 6.45) is 1.82. The average Bonchev–Trinajstić information content (AvgIpc) is 2.87. The van der Waals surface area contributed by atoms with E-state index in [1.54, 1.807) is 4.80 Å². The van der Waals surface area contributed by atoms with E-state index in [1.165, 1.54) is 0 Å². The molecule has 108 valence electrons. The molecule has 1 unspecified atom stereocenters. The number of aromatic nitrogens is 3. The maximum atomic E-state index is 4.48. The zero-order chi connectivity index (χ0) is 14.6. The van der Waals surface area contributed by atoms with E-state index in [1.807, 2.05) is 36.5 Å². The summed E-state index contributed by atoms with van der Waals surface area (Å²) in [7, 11) is 0. The highest BCUT2D eigenvalue weighted by atomic mass is 15.5. The smallest absolute Gasteiger partial charge is 0.0969 e. The molecule has 1 N–H and O–H groups in total. The third-order valence-corrected chi connectivity index (χ3v) is 3.76. The van der Waals surface area contributed by atoms with Gasteiger partial charge in [0.1, 0.15) is 0 Å². The molecule has 1 aromatic carbocycles. The summed E-state index contributed by atoms with van der Waals surface area (Å²) in [5.41, 5.74) is 2.28. The van der Waals surface area contributed by atoms with Gasteiger partial charge in [-0.05, 0) is 30.0 Å². The molecule has 20 heavy (non-hydrogen) atoms. The minimum Gasteiger partial charge on any atom is -0.311 e. The van der Waals surface area contributed by atoms with Gasteiger partial charge in [-0.1, -0.05) is 45.9 Å². The largest absolute Gasteiger partial charge is 0.311 e. The van der Waals surface area contributed by atoms with Crippen molar-refractivity contribution in [1.82, 2.24) is 20.3 Å². The molecule has 0 aliphatic carbocycles. The van der Waals surface area contributed by atoms with Crippen LogP contribution in [0.25, 0.3) is 5.69 Å². The first kappa shape index (κ1) is 14.7. The molecule has 0 saturated heterocycles. The standard InChI is InChI=1S/C16H24N4/c1-13(16(2,3)4)10-17-11-14-12-18-20(19-14)15-8-6-5-7-9-15/h5-9,12-13,17H,10-11H2,1-4H3. The zero-order valence-electron chi connectivity index (χ0n) is 12.8. The van der Waals surface area contributed by atoms with Gasteiger partial charge in [0.05, 0.1) is 17.6 Å². The number of hydrogen-bond donors (Lipinski definition) is 1. The van der Waals surface area contributed by atoms with Crippen LogP contribution in [0.5, 0.6) is 0 Å². The molecule has 0 bridgehead atoms. The quantitative estimate of drug-likeness (QED) is 0.909. The Bertz CT molecular complexity index is 525. The van der Waals surface area contributed by atoms with Gasteiger partial charge in [0.25, 0.3) is 0 Å². The Morgan fingerprint density at radius 2 is 1.90 bits per heavy atom. The van der Waals surface area contributed by atoms with E-state index < -0.39 is 0 Å². The van der Waals surface area contributed by atoms with Crippen molar-refractivity contribution < 1.29 is 0 Å². The van der Waals surface area contributed by atoms with Crippen LogP contribution in [-0.2, 0) is 6.54 Å². The van der Waals surface area contributed by atoms with Gasteiger partial charge in [0, 0.05) is 6.54 Å². The molecule has 0 saturated carbocycles. The lowest BCUT2D eigenvalue weighted by Gasteiger charge is -2.27. The fraction of sp³-hybridized carbons (Fsp3) is 0.500. The predicted octanol–water partition coefficient (Wildman–Crippen LogP) is 3.04. The predicted molar refractivity (Wildman–Crippen MR) is 81.7 cm³/mol. The molecular formula is C16H24N4. The van der Waals surface area contributed by atoms with Crippen LogP contribution in [-0.4, -0.2) is 21.5 Å². The van der Waals surface area contributed by atoms with Crippen molar-refractivity contribution in [3.8, 4) is 5.69 Å². The van der Waals surface area contributed by atoms with Gasteiger partial charge in [-0.15, -0.1) is 0 Å². The Labute approximate surface area is 121 Å². The SMILES string of the molecule is CC(CNCc1cnn(-c2ccccc2)n1)C(C)(C)C. The number of rotatable bonds is 5. The van der Waals surface area contributed by atoms with Crippen LogP contribution in [0.1, 0.15) is 33.4 Å². The maximum absolute atomic E-state index is 4.48. The lowest BCUT2D eigenvalue weighted by molar-refractivity contribution is 0.252. The Morgan fingerprint density at radius 1 is 1.20 bits per heavy atom. The van der Waals surface area contributed by atoms with E-state index in [0.717, 1.165) is 24.5 Å². The molecule has 0 aliphatic rings. The first-order valence-corrected chi connectivity index (χ1v) is 7.14. The van der Waals surface area contributed by atoms with E-state index in [9.17, 15) is 0 Å². The molecule has 0 radical (unpaired) electrons. The van der Waals surface area contributed by atoms with Crippen molar-refractivity contribution in [1.29, 1.82) is 0 Å². The van der Waals surface area contributed by atoms with E-state index in [2.05, 4.69) is 43.2 Å². The van der Waals surface area contributed by atoms with Gasteiger partial charge >= 0.3 is 0 Å². The topological polar surface area (TPSA) is 42.7 Å². The third-order valence-electron chi connectivity index (χ3n) is 3.76. The molecule has 1 heterocycles. The minimum atomic E-state index is 0.328. The van der Waals surface area contributed by atoms with Crippen molar-refractivity contribution in [2.24, 2.45) is 11.3 Å². The van der Waals surface area contributed by atoms with E-state index in [4.69, 9.17) is 0 Å². The summed E-state index contributed by atoms with van der Waals surface area (Å²) in [5.74, 6) is 0.617. The molecule has 0 fully saturated rings. The van der Waals surface area contributed by atoms with Crippen molar-refractivity contribution in [2.45, 2.75) is 34.2 Å². The molecule has 4 nitrogen and oxygen atoms in total. The van der Waals surface area contributed by atoms with E-state index in [0.29, 0.717) is 11.3 Å². The molecule has 0 amide bonds. The van der Waals surface area contributed by atoms with Crippen LogP contribution in [0.3, 0.4) is 0 Å². The van der Waals surface area contributed by atoms with Crippen LogP contribution in [0, 0.1) is 11.3 Å². The van der Waals surface area contributed by atoms with Crippen molar-refractivity contribution >= 4 is 0 Å². The van der Waals surface area contributed by atoms with Gasteiger partial charge in [-0.3, -0.25) is 0 Å². The van der Waals surface area contributed by atoms with Gasteiger partial charge in [-0.25, -0.2) is 0 Å². The second-order valence-electron chi connectivity index (χ2n) is 6.36. The normalized spacial score (nSPS) is 13.4. The van der Waals surface area contributed by atoms with E-state index in [-0.39, 0.29) is 0 Å². The summed E-state index contributed by atoms with van der Waals surface area (Å²) < 4.78 is 0. The molecule has 1 atom stereocenters. The number of hydrogen-bond acceptors (Lipinski definition) is 3. The third kappa shape index (κ3) is 3.90. The second-order valence-corrected chi connectivity index (χ2v) is 6.36. The highest BCUT2D eigenvalue weighted by molar-refractivity contribution is 5.28. The Kier molecular flexibility index (Phi) is 4.55. The monoisotopic (exact) mass is 272 g/mol. The number of para-hydroxylation sites is 1. The molecule has 1 aromatic heterocycles. The van der Waals surface area contributed by atoms with Crippen molar-refractivity contribution in [3.05, 3.63) is 42.2 Å². The highest BCUT2D eigenvalue weighted by Crippen LogP contribution is 2.24. The first-order valence-electron chi connectivity index (χ1n) is 7.14. The van der Waals surface area contributed by atoms with Gasteiger partial charge in [0.15, 0.2) is 0 Å².